The van der Waals surface area contributed by atoms with Gasteiger partial charge in [0.1, 0.15) is 69.1 Å². The van der Waals surface area contributed by atoms with Crippen LogP contribution in [-0.2, 0) is 41.7 Å². The number of phenols is 6. The molecule has 0 fully saturated rings. The van der Waals surface area contributed by atoms with Crippen LogP contribution in [0.25, 0.3) is 0 Å². The molecule has 15 rings (SSSR count). The minimum Gasteiger partial charge on any atom is -0.508 e. The van der Waals surface area contributed by atoms with E-state index in [0.29, 0.717) is 78.6 Å². The van der Waals surface area contributed by atoms with E-state index in [1.165, 1.54) is 92.5 Å². The Hall–Kier alpha value is -6.56. The highest BCUT2D eigenvalue weighted by molar-refractivity contribution is 5.72. The molecule has 10 aliphatic carbocycles. The molecule has 10 bridgehead atoms. The predicted octanol–water partition coefficient (Wildman–Crippen LogP) is 7.41. The number of ether oxygens (including phenoxy) is 4. The van der Waals surface area contributed by atoms with Crippen LogP contribution in [0.3, 0.4) is 0 Å². The van der Waals surface area contributed by atoms with Gasteiger partial charge in [0.15, 0.2) is 0 Å². The number of aromatic hydroxyl groups is 6. The first-order valence-electron chi connectivity index (χ1n) is 18.0. The van der Waals surface area contributed by atoms with Gasteiger partial charge in [-0.25, -0.2) is 0 Å². The lowest BCUT2D eigenvalue weighted by Gasteiger charge is -2.18. The number of hydrogen-bond donors (Lipinski definition) is 6. The molecule has 0 amide bonds. The van der Waals surface area contributed by atoms with Crippen molar-refractivity contribution in [2.24, 2.45) is 0 Å². The number of ketones is 2. The normalized spacial score (nSPS) is 11.7. The van der Waals surface area contributed by atoms with Crippen LogP contribution >= 0.6 is 0 Å². The minimum absolute atomic E-state index is 0.0230. The molecule has 5 aromatic carbocycles. The molecular formula is C45H50O12. The van der Waals surface area contributed by atoms with E-state index in [1.54, 1.807) is 24.3 Å². The van der Waals surface area contributed by atoms with Crippen LogP contribution in [0.5, 0.6) is 57.5 Å². The van der Waals surface area contributed by atoms with Crippen molar-refractivity contribution in [1.29, 1.82) is 0 Å². The SMILES string of the molecule is CC(C)=O.CC(C)=O.COc1cc2c(OC)cc1Cc1cc(O)c(cc1O)Cc1cc(O)c(cc1O)Cc1cc(OC)c(cc1OC)Cc1cc(O)c(cc1O)C2. The molecule has 12 heteroatoms. The fraction of sp³-hybridized carbons (Fsp3) is 0.289. The van der Waals surface area contributed by atoms with Crippen molar-refractivity contribution in [1.82, 2.24) is 0 Å². The second-order valence-electron chi connectivity index (χ2n) is 14.0. The van der Waals surface area contributed by atoms with Gasteiger partial charge < -0.3 is 59.2 Å². The summed E-state index contributed by atoms with van der Waals surface area (Å²) in [7, 11) is 6.09. The topological polar surface area (TPSA) is 192 Å². The van der Waals surface area contributed by atoms with Gasteiger partial charge in [-0.15, -0.1) is 0 Å². The Balaban J connectivity index is 0.000000824. The molecular weight excluding hydrogens is 732 g/mol. The van der Waals surface area contributed by atoms with Crippen LogP contribution in [0, 0.1) is 0 Å². The summed E-state index contributed by atoms with van der Waals surface area (Å²) in [6.07, 6.45) is 0.842. The van der Waals surface area contributed by atoms with Crippen LogP contribution in [0.15, 0.2) is 60.7 Å². The zero-order valence-corrected chi connectivity index (χ0v) is 33.4. The summed E-state index contributed by atoms with van der Waals surface area (Å²) in [5.74, 6) is 1.93. The Morgan fingerprint density at radius 2 is 0.474 bits per heavy atom. The lowest BCUT2D eigenvalue weighted by atomic mass is 9.94. The van der Waals surface area contributed by atoms with Crippen LogP contribution in [0.4, 0.5) is 0 Å². The van der Waals surface area contributed by atoms with Gasteiger partial charge in [0.2, 0.25) is 0 Å². The largest absolute Gasteiger partial charge is 0.508 e. The third-order valence-electron chi connectivity index (χ3n) is 9.11. The number of carbonyl (C=O) groups is 2. The van der Waals surface area contributed by atoms with Gasteiger partial charge in [0.05, 0.1) is 28.4 Å². The molecule has 10 aliphatic rings. The lowest BCUT2D eigenvalue weighted by molar-refractivity contribution is -0.115. The first-order chi connectivity index (χ1) is 27.0. The average Bonchev–Trinajstić information content (AvgIpc) is 3.14. The smallest absolute Gasteiger partial charge is 0.126 e. The van der Waals surface area contributed by atoms with Gasteiger partial charge in [-0.3, -0.25) is 0 Å². The quantitative estimate of drug-likeness (QED) is 0.0972. The molecule has 0 aliphatic heterocycles. The predicted molar refractivity (Wildman–Crippen MR) is 215 cm³/mol. The van der Waals surface area contributed by atoms with Crippen molar-refractivity contribution in [2.75, 3.05) is 28.4 Å². The number of methoxy groups -OCH3 is 4. The van der Waals surface area contributed by atoms with Crippen molar-refractivity contribution < 1.29 is 59.2 Å². The van der Waals surface area contributed by atoms with E-state index >= 15 is 0 Å². The van der Waals surface area contributed by atoms with Gasteiger partial charge in [0.25, 0.3) is 0 Å². The van der Waals surface area contributed by atoms with E-state index in [-0.39, 0.29) is 78.2 Å². The molecule has 0 atom stereocenters. The third-order valence-corrected chi connectivity index (χ3v) is 9.11. The molecule has 57 heavy (non-hydrogen) atoms. The Morgan fingerprint density at radius 1 is 0.333 bits per heavy atom. The van der Waals surface area contributed by atoms with Crippen LogP contribution in [0.2, 0.25) is 0 Å². The van der Waals surface area contributed by atoms with Gasteiger partial charge >= 0.3 is 0 Å². The highest BCUT2D eigenvalue weighted by Crippen LogP contribution is 2.41. The van der Waals surface area contributed by atoms with Gasteiger partial charge in [-0.2, -0.15) is 0 Å². The maximum atomic E-state index is 11.1. The second-order valence-corrected chi connectivity index (χ2v) is 14.0. The molecule has 6 N–H and O–H groups in total. The van der Waals surface area contributed by atoms with Gasteiger partial charge in [-0.05, 0) is 88.4 Å². The van der Waals surface area contributed by atoms with Crippen LogP contribution in [-0.4, -0.2) is 70.6 Å². The second kappa shape index (κ2) is 18.9. The molecule has 302 valence electrons. The highest BCUT2D eigenvalue weighted by atomic mass is 16.5. The summed E-state index contributed by atoms with van der Waals surface area (Å²) in [6.45, 7) is 6.11. The maximum Gasteiger partial charge on any atom is 0.126 e. The van der Waals surface area contributed by atoms with E-state index in [1.807, 2.05) is 0 Å². The number of hydrogen-bond acceptors (Lipinski definition) is 12. The fourth-order valence-electron chi connectivity index (χ4n) is 6.47. The molecule has 0 heterocycles. The summed E-state index contributed by atoms with van der Waals surface area (Å²) in [5, 5.41) is 66.3. The van der Waals surface area contributed by atoms with Crippen molar-refractivity contribution in [3.8, 4) is 57.5 Å². The zero-order valence-electron chi connectivity index (χ0n) is 33.4. The van der Waals surface area contributed by atoms with E-state index in [2.05, 4.69) is 0 Å². The van der Waals surface area contributed by atoms with Crippen LogP contribution in [0.1, 0.15) is 83.3 Å². The van der Waals surface area contributed by atoms with Crippen LogP contribution < -0.4 is 18.9 Å². The Bertz CT molecular complexity index is 2110. The van der Waals surface area contributed by atoms with Crippen molar-refractivity contribution in [3.63, 3.8) is 0 Å². The monoisotopic (exact) mass is 782 g/mol. The van der Waals surface area contributed by atoms with Gasteiger partial charge in [0, 0.05) is 87.7 Å². The molecule has 0 saturated heterocycles. The van der Waals surface area contributed by atoms with E-state index < -0.39 is 0 Å². The summed E-state index contributed by atoms with van der Waals surface area (Å²) in [6, 6.07) is 15.9. The lowest BCUT2D eigenvalue weighted by Crippen LogP contribution is -2.02. The minimum atomic E-state index is -0.0977. The van der Waals surface area contributed by atoms with Crippen molar-refractivity contribution >= 4 is 11.6 Å². The number of carbonyl (C=O) groups excluding carboxylic acids is 2. The summed E-state index contributed by atoms with van der Waals surface area (Å²) >= 11 is 0. The summed E-state index contributed by atoms with van der Waals surface area (Å²) in [5.41, 5.74) is 5.21. The molecule has 0 aromatic heterocycles. The standard InChI is InChI=1S/C39H38O10.2C3H6O/c1-46-36-18-28-8-24-14-35(45)25(15-34(24)44)9-29-19-37(47-2)27(17-39(29)49-4)7-23-13-31(41)21(11-33(23)43)5-20-10-32(42)22(12-30(20)40)6-26(36)16-38(28)48-3;2*1-3(2)4/h10-19,40-45H,5-9H2,1-4H3;2*1-2H3. The fourth-order valence-corrected chi connectivity index (χ4v) is 6.47. The average molecular weight is 783 g/mol. The molecule has 0 radical (unpaired) electrons. The molecule has 0 spiro atoms. The molecule has 5 aromatic rings. The summed E-state index contributed by atoms with van der Waals surface area (Å²) < 4.78 is 22.8. The van der Waals surface area contributed by atoms with Gasteiger partial charge in [-0.1, -0.05) is 0 Å². The first kappa shape index (κ1) is 43.2. The highest BCUT2D eigenvalue weighted by Gasteiger charge is 2.21. The maximum absolute atomic E-state index is 11.1. The Kier molecular flexibility index (Phi) is 14.3. The van der Waals surface area contributed by atoms with E-state index in [0.717, 1.165) is 0 Å². The molecule has 0 unspecified atom stereocenters. The number of rotatable bonds is 4. The Morgan fingerprint density at radius 3 is 0.614 bits per heavy atom. The summed E-state index contributed by atoms with van der Waals surface area (Å²) in [4.78, 5) is 18.9. The van der Waals surface area contributed by atoms with E-state index in [9.17, 15) is 40.2 Å². The Labute approximate surface area is 332 Å². The number of Topliss-reactive ketones (excluding diaryl/α,β-unsaturated/α-hetero) is 2. The zero-order chi connectivity index (χ0) is 42.1. The third kappa shape index (κ3) is 10.8. The molecule has 12 nitrogen and oxygen atoms in total. The number of phenolic OH excluding ortho intramolecular Hbond substituents is 6. The molecule has 0 saturated carbocycles. The number of benzene rings is 5. The van der Waals surface area contributed by atoms with E-state index in [4.69, 9.17) is 18.9 Å². The first-order valence-corrected chi connectivity index (χ1v) is 18.0. The van der Waals surface area contributed by atoms with Crippen molar-refractivity contribution in [2.45, 2.75) is 59.8 Å². The van der Waals surface area contributed by atoms with Crippen molar-refractivity contribution in [3.05, 3.63) is 116 Å².